The van der Waals surface area contributed by atoms with Gasteiger partial charge in [0.05, 0.1) is 4.90 Å². The molecule has 144 valence electrons. The average molecular weight is 388 g/mol. The molecule has 1 aliphatic heterocycles. The van der Waals surface area contributed by atoms with Crippen LogP contribution in [0.4, 0.5) is 0 Å². The van der Waals surface area contributed by atoms with E-state index < -0.39 is 10.0 Å². The van der Waals surface area contributed by atoms with Gasteiger partial charge in [-0.15, -0.1) is 0 Å². The molecule has 3 rings (SSSR count). The molecule has 0 spiro atoms. The second-order valence-electron chi connectivity index (χ2n) is 6.59. The van der Waals surface area contributed by atoms with Gasteiger partial charge in [-0.25, -0.2) is 8.42 Å². The first-order chi connectivity index (χ1) is 13.0. The van der Waals surface area contributed by atoms with E-state index in [4.69, 9.17) is 4.74 Å². The Morgan fingerprint density at radius 3 is 2.30 bits per heavy atom. The van der Waals surface area contributed by atoms with E-state index >= 15 is 0 Å². The summed E-state index contributed by atoms with van der Waals surface area (Å²) < 4.78 is 32.2. The maximum Gasteiger partial charge on any atom is 0.260 e. The van der Waals surface area contributed by atoms with Crippen LogP contribution in [0, 0.1) is 0 Å². The van der Waals surface area contributed by atoms with Crippen LogP contribution in [0.2, 0.25) is 0 Å². The van der Waals surface area contributed by atoms with Crippen LogP contribution < -0.4 is 4.74 Å². The Labute approximate surface area is 160 Å². The van der Waals surface area contributed by atoms with Crippen molar-refractivity contribution in [2.75, 3.05) is 26.7 Å². The third kappa shape index (κ3) is 4.87. The van der Waals surface area contributed by atoms with Gasteiger partial charge >= 0.3 is 0 Å². The molecule has 0 saturated carbocycles. The molecular formula is C20H24N2O4S. The Hall–Kier alpha value is -2.38. The number of rotatable bonds is 7. The Bertz CT molecular complexity index is 861. The summed E-state index contributed by atoms with van der Waals surface area (Å²) in [5.74, 6) is 0.444. The molecule has 0 unspecified atom stereocenters. The molecule has 0 aliphatic carbocycles. The van der Waals surface area contributed by atoms with Crippen molar-refractivity contribution in [1.82, 2.24) is 9.21 Å². The van der Waals surface area contributed by atoms with Gasteiger partial charge in [0.1, 0.15) is 5.75 Å². The van der Waals surface area contributed by atoms with Crippen LogP contribution in [0.1, 0.15) is 18.4 Å². The third-order valence-electron chi connectivity index (χ3n) is 4.60. The van der Waals surface area contributed by atoms with Crippen LogP contribution >= 0.6 is 0 Å². The second kappa shape index (κ2) is 8.54. The summed E-state index contributed by atoms with van der Waals surface area (Å²) in [5.41, 5.74) is 0.920. The minimum atomic E-state index is -3.60. The summed E-state index contributed by atoms with van der Waals surface area (Å²) in [6.45, 7) is 1.84. The van der Waals surface area contributed by atoms with E-state index in [1.807, 2.05) is 30.3 Å². The smallest absolute Gasteiger partial charge is 0.260 e. The molecule has 27 heavy (non-hydrogen) atoms. The van der Waals surface area contributed by atoms with E-state index in [0.717, 1.165) is 31.5 Å². The Morgan fingerprint density at radius 2 is 1.67 bits per heavy atom. The van der Waals surface area contributed by atoms with Gasteiger partial charge in [0.2, 0.25) is 10.0 Å². The normalized spacial score (nSPS) is 14.5. The monoisotopic (exact) mass is 388 g/mol. The van der Waals surface area contributed by atoms with Crippen molar-refractivity contribution in [2.24, 2.45) is 0 Å². The fourth-order valence-electron chi connectivity index (χ4n) is 3.02. The SMILES string of the molecule is CN(Cc1ccccc1)S(=O)(=O)c1ccc(OCC(=O)N2CCCC2)cc1. The highest BCUT2D eigenvalue weighted by atomic mass is 32.2. The first-order valence-electron chi connectivity index (χ1n) is 8.98. The van der Waals surface area contributed by atoms with Crippen molar-refractivity contribution in [1.29, 1.82) is 0 Å². The van der Waals surface area contributed by atoms with E-state index in [0.29, 0.717) is 12.3 Å². The molecule has 2 aromatic carbocycles. The van der Waals surface area contributed by atoms with Crippen LogP contribution in [0.5, 0.6) is 5.75 Å². The molecule has 6 nitrogen and oxygen atoms in total. The molecule has 0 atom stereocenters. The number of amides is 1. The molecule has 0 bridgehead atoms. The maximum absolute atomic E-state index is 12.7. The van der Waals surface area contributed by atoms with Crippen LogP contribution in [0.25, 0.3) is 0 Å². The largest absolute Gasteiger partial charge is 0.484 e. The zero-order valence-electron chi connectivity index (χ0n) is 15.4. The lowest BCUT2D eigenvalue weighted by atomic mass is 10.2. The number of benzene rings is 2. The highest BCUT2D eigenvalue weighted by Gasteiger charge is 2.21. The molecule has 1 amide bonds. The molecule has 2 aromatic rings. The molecule has 1 saturated heterocycles. The molecule has 0 radical (unpaired) electrons. The zero-order chi connectivity index (χ0) is 19.3. The quantitative estimate of drug-likeness (QED) is 0.731. The zero-order valence-corrected chi connectivity index (χ0v) is 16.2. The number of ether oxygens (including phenoxy) is 1. The third-order valence-corrected chi connectivity index (χ3v) is 6.42. The van der Waals surface area contributed by atoms with Gasteiger partial charge in [-0.2, -0.15) is 4.31 Å². The fraction of sp³-hybridized carbons (Fsp3) is 0.350. The maximum atomic E-state index is 12.7. The van der Waals surface area contributed by atoms with E-state index in [1.54, 1.807) is 24.1 Å². The first-order valence-corrected chi connectivity index (χ1v) is 10.4. The van der Waals surface area contributed by atoms with Crippen molar-refractivity contribution in [3.63, 3.8) is 0 Å². The number of hydrogen-bond acceptors (Lipinski definition) is 4. The van der Waals surface area contributed by atoms with E-state index in [2.05, 4.69) is 0 Å². The summed E-state index contributed by atoms with van der Waals surface area (Å²) in [4.78, 5) is 14.0. The number of hydrogen-bond donors (Lipinski definition) is 0. The number of nitrogens with zero attached hydrogens (tertiary/aromatic N) is 2. The molecule has 0 N–H and O–H groups in total. The van der Waals surface area contributed by atoms with Gasteiger partial charge in [-0.3, -0.25) is 4.79 Å². The van der Waals surface area contributed by atoms with Crippen molar-refractivity contribution in [2.45, 2.75) is 24.3 Å². The highest BCUT2D eigenvalue weighted by molar-refractivity contribution is 7.89. The molecule has 7 heteroatoms. The van der Waals surface area contributed by atoms with Gasteiger partial charge in [0.15, 0.2) is 6.61 Å². The summed E-state index contributed by atoms with van der Waals surface area (Å²) in [5, 5.41) is 0. The summed E-state index contributed by atoms with van der Waals surface area (Å²) >= 11 is 0. The molecule has 1 fully saturated rings. The molecule has 0 aromatic heterocycles. The van der Waals surface area contributed by atoms with Gasteiger partial charge in [-0.1, -0.05) is 30.3 Å². The van der Waals surface area contributed by atoms with Crippen molar-refractivity contribution in [3.8, 4) is 5.75 Å². The van der Waals surface area contributed by atoms with Crippen molar-refractivity contribution in [3.05, 3.63) is 60.2 Å². The van der Waals surface area contributed by atoms with Crippen LogP contribution in [0.15, 0.2) is 59.5 Å². The second-order valence-corrected chi connectivity index (χ2v) is 8.64. The van der Waals surface area contributed by atoms with Crippen molar-refractivity contribution < 1.29 is 17.9 Å². The van der Waals surface area contributed by atoms with Crippen LogP contribution in [-0.2, 0) is 21.4 Å². The number of carbonyl (C=O) groups excluding carboxylic acids is 1. The Balaban J connectivity index is 1.60. The summed E-state index contributed by atoms with van der Waals surface area (Å²) in [7, 11) is -2.04. The fourth-order valence-corrected chi connectivity index (χ4v) is 4.18. The number of carbonyl (C=O) groups is 1. The average Bonchev–Trinajstić information content (AvgIpc) is 3.22. The molecule has 1 aliphatic rings. The summed E-state index contributed by atoms with van der Waals surface area (Å²) in [6, 6.07) is 15.6. The van der Waals surface area contributed by atoms with Gasteiger partial charge in [-0.05, 0) is 42.7 Å². The lowest BCUT2D eigenvalue weighted by Crippen LogP contribution is -2.32. The predicted octanol–water partition coefficient (Wildman–Crippen LogP) is 2.51. The Kier molecular flexibility index (Phi) is 6.13. The lowest BCUT2D eigenvalue weighted by Gasteiger charge is -2.18. The predicted molar refractivity (Wildman–Crippen MR) is 103 cm³/mol. The van der Waals surface area contributed by atoms with E-state index in [9.17, 15) is 13.2 Å². The van der Waals surface area contributed by atoms with E-state index in [1.165, 1.54) is 16.4 Å². The Morgan fingerprint density at radius 1 is 1.04 bits per heavy atom. The molecule has 1 heterocycles. The number of likely N-dealkylation sites (tertiary alicyclic amines) is 1. The first kappa shape index (κ1) is 19.4. The number of sulfonamides is 1. The highest BCUT2D eigenvalue weighted by Crippen LogP contribution is 2.20. The summed E-state index contributed by atoms with van der Waals surface area (Å²) in [6.07, 6.45) is 2.07. The van der Waals surface area contributed by atoms with Crippen molar-refractivity contribution >= 4 is 15.9 Å². The minimum absolute atomic E-state index is 0.0278. The van der Waals surface area contributed by atoms with Gasteiger partial charge in [0, 0.05) is 26.7 Å². The van der Waals surface area contributed by atoms with Crippen LogP contribution in [-0.4, -0.2) is 50.3 Å². The standard InChI is InChI=1S/C20H24N2O4S/c1-21(15-17-7-3-2-4-8-17)27(24,25)19-11-9-18(10-12-19)26-16-20(23)22-13-5-6-14-22/h2-4,7-12H,5-6,13-16H2,1H3. The minimum Gasteiger partial charge on any atom is -0.484 e. The lowest BCUT2D eigenvalue weighted by molar-refractivity contribution is -0.132. The molecular weight excluding hydrogens is 364 g/mol. The van der Waals surface area contributed by atoms with Crippen LogP contribution in [0.3, 0.4) is 0 Å². The van der Waals surface area contributed by atoms with E-state index in [-0.39, 0.29) is 17.4 Å². The van der Waals surface area contributed by atoms with Gasteiger partial charge < -0.3 is 9.64 Å². The topological polar surface area (TPSA) is 66.9 Å². The van der Waals surface area contributed by atoms with Gasteiger partial charge in [0.25, 0.3) is 5.91 Å².